The third-order valence-electron chi connectivity index (χ3n) is 8.90. The molecule has 5 aliphatic rings. The average molecular weight is 555 g/mol. The highest BCUT2D eigenvalue weighted by Crippen LogP contribution is 2.70. The molecule has 2 bridgehead atoms. The van der Waals surface area contributed by atoms with Gasteiger partial charge in [-0.1, -0.05) is 20.1 Å². The maximum absolute atomic E-state index is 14.0. The molecule has 2 aromatic rings. The number of nitrogens with one attached hydrogen (secondary N) is 1. The molecule has 0 saturated carbocycles. The Morgan fingerprint density at radius 1 is 1.23 bits per heavy atom. The zero-order chi connectivity index (χ0) is 27.4. The number of fused-ring (bicyclic) bond motifs is 5. The number of aliphatic hydroxyl groups is 1. The molecule has 1 aliphatic carbocycles. The number of hydrogen-bond donors (Lipinski definition) is 4. The van der Waals surface area contributed by atoms with Crippen molar-refractivity contribution in [3.05, 3.63) is 47.0 Å². The van der Waals surface area contributed by atoms with Crippen LogP contribution in [0.3, 0.4) is 0 Å². The van der Waals surface area contributed by atoms with Gasteiger partial charge < -0.3 is 43.9 Å². The van der Waals surface area contributed by atoms with E-state index in [9.17, 15) is 20.1 Å². The van der Waals surface area contributed by atoms with E-state index in [4.69, 9.17) is 23.7 Å². The second-order valence-corrected chi connectivity index (χ2v) is 11.0. The lowest BCUT2D eigenvalue weighted by Crippen LogP contribution is -2.71. The van der Waals surface area contributed by atoms with Crippen LogP contribution in [0.5, 0.6) is 34.5 Å². The first-order valence-corrected chi connectivity index (χ1v) is 12.9. The summed E-state index contributed by atoms with van der Waals surface area (Å²) < 4.78 is 28.9. The van der Waals surface area contributed by atoms with Crippen LogP contribution in [0.4, 0.5) is 0 Å². The Balaban J connectivity index is 0.00000289. The van der Waals surface area contributed by atoms with Crippen molar-refractivity contribution in [2.75, 3.05) is 20.5 Å². The summed E-state index contributed by atoms with van der Waals surface area (Å²) in [6, 6.07) is 1.54. The molecule has 7 rings (SSSR count). The number of methoxy groups -OCH3 is 1. The highest BCUT2D eigenvalue weighted by molar-refractivity contribution is 5.87. The summed E-state index contributed by atoms with van der Waals surface area (Å²) in [6.07, 6.45) is 1.42. The van der Waals surface area contributed by atoms with Crippen LogP contribution < -0.4 is 24.3 Å². The Morgan fingerprint density at radius 3 is 2.52 bits per heavy atom. The van der Waals surface area contributed by atoms with Crippen molar-refractivity contribution >= 4 is 5.91 Å². The lowest BCUT2D eigenvalue weighted by molar-refractivity contribution is -0.323. The van der Waals surface area contributed by atoms with Gasteiger partial charge in [-0.3, -0.25) is 10.1 Å². The Kier molecular flexibility index (Phi) is 5.75. The summed E-state index contributed by atoms with van der Waals surface area (Å²) in [6.45, 7) is 7.90. The van der Waals surface area contributed by atoms with Crippen molar-refractivity contribution in [2.24, 2.45) is 0 Å². The van der Waals surface area contributed by atoms with Gasteiger partial charge in [-0.2, -0.15) is 0 Å². The summed E-state index contributed by atoms with van der Waals surface area (Å²) in [5.74, 6) is 1.26. The molecular formula is C29H34N2O9. The van der Waals surface area contributed by atoms with Crippen LogP contribution in [-0.2, 0) is 20.7 Å². The molecular weight excluding hydrogens is 520 g/mol. The fraction of sp³-hybridized carbons (Fsp3) is 0.483. The minimum absolute atomic E-state index is 0. The van der Waals surface area contributed by atoms with Crippen molar-refractivity contribution in [2.45, 2.75) is 69.7 Å². The summed E-state index contributed by atoms with van der Waals surface area (Å²) in [5, 5.41) is 34.6. The minimum Gasteiger partial charge on any atom is -0.504 e. The van der Waals surface area contributed by atoms with Gasteiger partial charge in [0, 0.05) is 28.7 Å². The number of hydrogen-bond acceptors (Lipinski definition) is 10. The number of aliphatic hydroxyl groups excluding tert-OH is 1. The van der Waals surface area contributed by atoms with E-state index in [0.717, 1.165) is 16.7 Å². The first-order valence-electron chi connectivity index (χ1n) is 12.9. The topological polar surface area (TPSA) is 139 Å². The van der Waals surface area contributed by atoms with Crippen molar-refractivity contribution in [1.29, 1.82) is 0 Å². The normalized spacial score (nSPS) is 31.9. The number of rotatable bonds is 6. The molecule has 4 N–H and O–H groups in total. The van der Waals surface area contributed by atoms with E-state index in [-0.39, 0.29) is 50.0 Å². The van der Waals surface area contributed by atoms with Crippen LogP contribution in [0.2, 0.25) is 0 Å². The fourth-order valence-electron chi connectivity index (χ4n) is 7.23. The molecule has 2 unspecified atom stereocenters. The van der Waals surface area contributed by atoms with E-state index in [1.807, 2.05) is 13.8 Å². The highest BCUT2D eigenvalue weighted by Gasteiger charge is 2.74. The SMILES string of the molecule is C.C=CCOc1c(C)c2c(c3c1[C@@]14C[C@H]3N(C(=O)[C@@H]3CC(C)(c5cc(O)c(OC)c(O)c5)N3)[C@@H]1C(O)O4)OCO2. The van der Waals surface area contributed by atoms with Gasteiger partial charge in [0.15, 0.2) is 29.3 Å². The lowest BCUT2D eigenvalue weighted by atomic mass is 9.76. The van der Waals surface area contributed by atoms with E-state index in [1.54, 1.807) is 11.0 Å². The minimum atomic E-state index is -1.13. The number of carbonyl (C=O) groups excluding carboxylic acids is 1. The van der Waals surface area contributed by atoms with Crippen molar-refractivity contribution in [3.8, 4) is 34.5 Å². The third kappa shape index (κ3) is 3.13. The first kappa shape index (κ1) is 26.5. The number of carbonyl (C=O) groups is 1. The smallest absolute Gasteiger partial charge is 0.240 e. The van der Waals surface area contributed by atoms with Crippen molar-refractivity contribution in [1.82, 2.24) is 10.2 Å². The van der Waals surface area contributed by atoms with E-state index in [2.05, 4.69) is 11.9 Å². The van der Waals surface area contributed by atoms with Gasteiger partial charge >= 0.3 is 0 Å². The molecule has 11 heteroatoms. The Bertz CT molecular complexity index is 1410. The summed E-state index contributed by atoms with van der Waals surface area (Å²) in [5.41, 5.74) is 1.46. The number of aromatic hydroxyl groups is 2. The van der Waals surface area contributed by atoms with E-state index in [0.29, 0.717) is 35.7 Å². The second-order valence-electron chi connectivity index (χ2n) is 11.0. The first-order chi connectivity index (χ1) is 18.6. The van der Waals surface area contributed by atoms with Gasteiger partial charge in [0.1, 0.15) is 24.0 Å². The highest BCUT2D eigenvalue weighted by atomic mass is 16.7. The Labute approximate surface area is 231 Å². The van der Waals surface area contributed by atoms with Gasteiger partial charge in [-0.05, 0) is 38.0 Å². The molecule has 4 heterocycles. The van der Waals surface area contributed by atoms with Crippen LogP contribution in [0.25, 0.3) is 0 Å². The molecule has 6 atom stereocenters. The predicted molar refractivity (Wildman–Crippen MR) is 142 cm³/mol. The largest absolute Gasteiger partial charge is 0.504 e. The molecule has 0 radical (unpaired) electrons. The molecule has 1 spiro atoms. The van der Waals surface area contributed by atoms with Gasteiger partial charge in [-0.15, -0.1) is 0 Å². The van der Waals surface area contributed by atoms with Crippen LogP contribution in [-0.4, -0.2) is 65.0 Å². The van der Waals surface area contributed by atoms with Crippen LogP contribution >= 0.6 is 0 Å². The molecule has 3 saturated heterocycles. The van der Waals surface area contributed by atoms with Crippen LogP contribution in [0.1, 0.15) is 55.5 Å². The van der Waals surface area contributed by atoms with E-state index in [1.165, 1.54) is 19.2 Å². The number of phenolic OH excluding ortho intramolecular Hbond substituents is 2. The molecule has 11 nitrogen and oxygen atoms in total. The Morgan fingerprint density at radius 2 is 1.90 bits per heavy atom. The zero-order valence-electron chi connectivity index (χ0n) is 21.8. The number of ether oxygens (including phenoxy) is 5. The number of phenols is 2. The quantitative estimate of drug-likeness (QED) is 0.394. The summed E-state index contributed by atoms with van der Waals surface area (Å²) >= 11 is 0. The lowest BCUT2D eigenvalue weighted by Gasteiger charge is -2.55. The average Bonchev–Trinajstić information content (AvgIpc) is 3.56. The predicted octanol–water partition coefficient (Wildman–Crippen LogP) is 2.82. The summed E-state index contributed by atoms with van der Waals surface area (Å²) in [7, 11) is 1.36. The Hall–Kier alpha value is -3.67. The standard InChI is InChI=1S/C28H30N2O9.CH4/c1-5-6-36-20-12(2)21-23(38-11-37-21)18-15-10-28(19(18)20)24(26(34)39-28)30(15)25(33)14-9-27(3,29-14)13-7-16(31)22(35-4)17(32)8-13;/h5,7-8,14-15,24,26,29,31-32,34H,1,6,9-11H2,2-4H3;1H4/t14-,15+,24+,26?,27?,28-;/m0./s1. The monoisotopic (exact) mass is 554 g/mol. The molecule has 214 valence electrons. The van der Waals surface area contributed by atoms with Gasteiger partial charge in [-0.25, -0.2) is 0 Å². The number of benzene rings is 2. The molecule has 2 aromatic carbocycles. The van der Waals surface area contributed by atoms with Crippen molar-refractivity contribution in [3.63, 3.8) is 0 Å². The van der Waals surface area contributed by atoms with Crippen molar-refractivity contribution < 1.29 is 43.8 Å². The van der Waals surface area contributed by atoms with Gasteiger partial charge in [0.05, 0.1) is 19.2 Å². The molecule has 1 amide bonds. The van der Waals surface area contributed by atoms with E-state index < -0.39 is 29.5 Å². The van der Waals surface area contributed by atoms with Gasteiger partial charge in [0.25, 0.3) is 0 Å². The molecule has 40 heavy (non-hydrogen) atoms. The third-order valence-corrected chi connectivity index (χ3v) is 8.90. The molecule has 4 aliphatic heterocycles. The molecule has 0 aromatic heterocycles. The van der Waals surface area contributed by atoms with Gasteiger partial charge in [0.2, 0.25) is 18.4 Å². The fourth-order valence-corrected chi connectivity index (χ4v) is 7.23. The second kappa shape index (κ2) is 8.66. The van der Waals surface area contributed by atoms with Crippen LogP contribution in [0.15, 0.2) is 24.8 Å². The number of nitrogens with zero attached hydrogens (tertiary/aromatic N) is 1. The maximum Gasteiger partial charge on any atom is 0.240 e. The molecule has 3 fully saturated rings. The number of amides is 1. The van der Waals surface area contributed by atoms with Crippen LogP contribution in [0, 0.1) is 6.92 Å². The number of likely N-dealkylation sites (tertiary alicyclic amines) is 1. The summed E-state index contributed by atoms with van der Waals surface area (Å²) in [4.78, 5) is 15.7. The van der Waals surface area contributed by atoms with E-state index >= 15 is 0 Å². The maximum atomic E-state index is 14.0. The zero-order valence-corrected chi connectivity index (χ0v) is 21.8.